The standard InChI is InChI=1S/C14H12ClN5O3S/c1-20-9-11(8-16-20)24(21,22)19-14-17-12(15)7-13(18-14)23-10-5-3-2-4-6-10/h2-9H,1H3,(H,17,18,19). The molecule has 0 atom stereocenters. The zero-order chi connectivity index (χ0) is 17.2. The summed E-state index contributed by atoms with van der Waals surface area (Å²) in [5.41, 5.74) is 0. The topological polar surface area (TPSA) is 99.0 Å². The fourth-order valence-corrected chi connectivity index (χ4v) is 2.92. The Bertz CT molecular complexity index is 960. The van der Waals surface area contributed by atoms with E-state index in [0.29, 0.717) is 5.75 Å². The molecule has 0 amide bonds. The Balaban J connectivity index is 1.86. The number of aryl methyl sites for hydroxylation is 1. The van der Waals surface area contributed by atoms with Crippen molar-refractivity contribution in [2.24, 2.45) is 7.05 Å². The molecule has 0 bridgehead atoms. The highest BCUT2D eigenvalue weighted by Crippen LogP contribution is 2.23. The van der Waals surface area contributed by atoms with Gasteiger partial charge in [0.1, 0.15) is 15.8 Å². The average molecular weight is 366 g/mol. The Morgan fingerprint density at radius 3 is 2.62 bits per heavy atom. The van der Waals surface area contributed by atoms with Crippen molar-refractivity contribution in [3.05, 3.63) is 53.9 Å². The number of nitrogens with one attached hydrogen (secondary N) is 1. The van der Waals surface area contributed by atoms with Crippen LogP contribution >= 0.6 is 11.6 Å². The van der Waals surface area contributed by atoms with Gasteiger partial charge in [0.25, 0.3) is 10.0 Å². The molecule has 1 N–H and O–H groups in total. The normalized spacial score (nSPS) is 11.2. The summed E-state index contributed by atoms with van der Waals surface area (Å²) in [7, 11) is -2.26. The van der Waals surface area contributed by atoms with Crippen molar-refractivity contribution in [2.45, 2.75) is 4.90 Å². The molecule has 0 saturated heterocycles. The van der Waals surface area contributed by atoms with Gasteiger partial charge in [-0.05, 0) is 12.1 Å². The van der Waals surface area contributed by atoms with Crippen molar-refractivity contribution in [1.82, 2.24) is 19.7 Å². The zero-order valence-corrected chi connectivity index (χ0v) is 14.0. The molecule has 2 aromatic heterocycles. The number of anilines is 1. The Hall–Kier alpha value is -2.65. The molecular weight excluding hydrogens is 354 g/mol. The molecule has 0 radical (unpaired) electrons. The highest BCUT2D eigenvalue weighted by molar-refractivity contribution is 7.92. The van der Waals surface area contributed by atoms with Crippen LogP contribution in [0.4, 0.5) is 5.95 Å². The predicted molar refractivity (Wildman–Crippen MR) is 87.6 cm³/mol. The number of sulfonamides is 1. The molecule has 2 heterocycles. The summed E-state index contributed by atoms with van der Waals surface area (Å²) in [6.07, 6.45) is 2.57. The highest BCUT2D eigenvalue weighted by atomic mass is 35.5. The van der Waals surface area contributed by atoms with E-state index in [1.165, 1.54) is 23.1 Å². The fourth-order valence-electron chi connectivity index (χ4n) is 1.82. The second-order valence-corrected chi connectivity index (χ2v) is 6.79. The van der Waals surface area contributed by atoms with Crippen molar-refractivity contribution < 1.29 is 13.2 Å². The van der Waals surface area contributed by atoms with E-state index in [1.807, 2.05) is 6.07 Å². The predicted octanol–water partition coefficient (Wildman–Crippen LogP) is 2.46. The summed E-state index contributed by atoms with van der Waals surface area (Å²) in [4.78, 5) is 7.85. The van der Waals surface area contributed by atoms with Gasteiger partial charge < -0.3 is 4.74 Å². The maximum absolute atomic E-state index is 12.3. The van der Waals surface area contributed by atoms with Crippen LogP contribution in [-0.2, 0) is 17.1 Å². The van der Waals surface area contributed by atoms with Gasteiger partial charge in [-0.2, -0.15) is 10.1 Å². The lowest BCUT2D eigenvalue weighted by atomic mass is 10.3. The van der Waals surface area contributed by atoms with Crippen LogP contribution in [0.3, 0.4) is 0 Å². The van der Waals surface area contributed by atoms with Crippen LogP contribution in [0.5, 0.6) is 11.6 Å². The molecule has 0 spiro atoms. The SMILES string of the molecule is Cn1cc(S(=O)(=O)Nc2nc(Cl)cc(Oc3ccccc3)n2)cn1. The van der Waals surface area contributed by atoms with E-state index in [2.05, 4.69) is 19.8 Å². The van der Waals surface area contributed by atoms with Crippen molar-refractivity contribution in [3.63, 3.8) is 0 Å². The van der Waals surface area contributed by atoms with Crippen LogP contribution in [-0.4, -0.2) is 28.2 Å². The number of hydrogen-bond donors (Lipinski definition) is 1. The molecule has 0 aliphatic rings. The molecule has 10 heteroatoms. The Labute approximate surface area is 143 Å². The number of aromatic nitrogens is 4. The van der Waals surface area contributed by atoms with E-state index in [1.54, 1.807) is 31.3 Å². The molecule has 0 aliphatic heterocycles. The molecule has 1 aromatic carbocycles. The van der Waals surface area contributed by atoms with Crippen molar-refractivity contribution >= 4 is 27.6 Å². The van der Waals surface area contributed by atoms with Gasteiger partial charge in [0.15, 0.2) is 0 Å². The third-order valence-corrected chi connectivity index (χ3v) is 4.33. The van der Waals surface area contributed by atoms with Gasteiger partial charge in [-0.15, -0.1) is 0 Å². The minimum Gasteiger partial charge on any atom is -0.439 e. The van der Waals surface area contributed by atoms with E-state index in [0.717, 1.165) is 0 Å². The first kappa shape index (κ1) is 16.2. The number of hydrogen-bond acceptors (Lipinski definition) is 6. The summed E-state index contributed by atoms with van der Waals surface area (Å²) in [5.74, 6) is 0.454. The zero-order valence-electron chi connectivity index (χ0n) is 12.4. The van der Waals surface area contributed by atoms with Gasteiger partial charge in [-0.1, -0.05) is 29.8 Å². The van der Waals surface area contributed by atoms with E-state index in [4.69, 9.17) is 16.3 Å². The highest BCUT2D eigenvalue weighted by Gasteiger charge is 2.18. The van der Waals surface area contributed by atoms with Crippen LogP contribution in [0.15, 0.2) is 53.7 Å². The van der Waals surface area contributed by atoms with Gasteiger partial charge in [-0.3, -0.25) is 4.68 Å². The van der Waals surface area contributed by atoms with E-state index in [9.17, 15) is 8.42 Å². The first-order valence-electron chi connectivity index (χ1n) is 6.71. The van der Waals surface area contributed by atoms with E-state index in [-0.39, 0.29) is 21.9 Å². The molecule has 0 fully saturated rings. The van der Waals surface area contributed by atoms with Crippen molar-refractivity contribution in [3.8, 4) is 11.6 Å². The van der Waals surface area contributed by atoms with Gasteiger partial charge in [0.05, 0.1) is 6.20 Å². The number of ether oxygens (including phenoxy) is 1. The molecular formula is C14H12ClN5O3S. The lowest BCUT2D eigenvalue weighted by molar-refractivity contribution is 0.462. The Kier molecular flexibility index (Phi) is 4.36. The fraction of sp³-hybridized carbons (Fsp3) is 0.0714. The molecule has 8 nitrogen and oxygen atoms in total. The number of benzene rings is 1. The van der Waals surface area contributed by atoms with Crippen LogP contribution < -0.4 is 9.46 Å². The van der Waals surface area contributed by atoms with E-state index < -0.39 is 10.0 Å². The van der Waals surface area contributed by atoms with Gasteiger partial charge in [0, 0.05) is 19.3 Å². The second-order valence-electron chi connectivity index (χ2n) is 4.72. The quantitative estimate of drug-likeness (QED) is 0.697. The number of para-hydroxylation sites is 1. The summed E-state index contributed by atoms with van der Waals surface area (Å²) in [6, 6.07) is 10.3. The van der Waals surface area contributed by atoms with Gasteiger partial charge >= 0.3 is 0 Å². The lowest BCUT2D eigenvalue weighted by Crippen LogP contribution is -2.14. The van der Waals surface area contributed by atoms with E-state index >= 15 is 0 Å². The number of nitrogens with zero attached hydrogens (tertiary/aromatic N) is 4. The van der Waals surface area contributed by atoms with Crippen LogP contribution in [0.2, 0.25) is 5.15 Å². The molecule has 0 aliphatic carbocycles. The monoisotopic (exact) mass is 365 g/mol. The number of halogens is 1. The number of rotatable bonds is 5. The summed E-state index contributed by atoms with van der Waals surface area (Å²) in [6.45, 7) is 0. The molecule has 3 rings (SSSR count). The molecule has 124 valence electrons. The summed E-state index contributed by atoms with van der Waals surface area (Å²) >= 11 is 5.91. The second kappa shape index (κ2) is 6.46. The van der Waals surface area contributed by atoms with Crippen molar-refractivity contribution in [2.75, 3.05) is 4.72 Å². The smallest absolute Gasteiger partial charge is 0.267 e. The summed E-state index contributed by atoms with van der Waals surface area (Å²) < 4.78 is 33.7. The van der Waals surface area contributed by atoms with Crippen LogP contribution in [0, 0.1) is 0 Å². The molecule has 0 unspecified atom stereocenters. The molecule has 3 aromatic rings. The third kappa shape index (κ3) is 3.81. The largest absolute Gasteiger partial charge is 0.439 e. The van der Waals surface area contributed by atoms with Crippen LogP contribution in [0.25, 0.3) is 0 Å². The van der Waals surface area contributed by atoms with Crippen molar-refractivity contribution in [1.29, 1.82) is 0 Å². The summed E-state index contributed by atoms with van der Waals surface area (Å²) in [5, 5.41) is 3.86. The lowest BCUT2D eigenvalue weighted by Gasteiger charge is -2.08. The third-order valence-electron chi connectivity index (χ3n) is 2.85. The van der Waals surface area contributed by atoms with Crippen LogP contribution in [0.1, 0.15) is 0 Å². The molecule has 0 saturated carbocycles. The molecule has 24 heavy (non-hydrogen) atoms. The van der Waals surface area contributed by atoms with Gasteiger partial charge in [0.2, 0.25) is 11.8 Å². The minimum absolute atomic E-state index is 0.0147. The minimum atomic E-state index is -3.87. The maximum atomic E-state index is 12.3. The Morgan fingerprint density at radius 2 is 1.96 bits per heavy atom. The average Bonchev–Trinajstić information content (AvgIpc) is 2.95. The Morgan fingerprint density at radius 1 is 1.21 bits per heavy atom. The first-order chi connectivity index (χ1) is 11.4. The maximum Gasteiger partial charge on any atom is 0.267 e. The first-order valence-corrected chi connectivity index (χ1v) is 8.57. The van der Waals surface area contributed by atoms with Gasteiger partial charge in [-0.25, -0.2) is 18.1 Å².